The summed E-state index contributed by atoms with van der Waals surface area (Å²) >= 11 is 3.17. The molecule has 2 rings (SSSR count). The van der Waals surface area contributed by atoms with Crippen LogP contribution in [0.3, 0.4) is 0 Å². The van der Waals surface area contributed by atoms with Crippen molar-refractivity contribution in [2.24, 2.45) is 0 Å². The van der Waals surface area contributed by atoms with E-state index in [4.69, 9.17) is 9.15 Å². The van der Waals surface area contributed by atoms with Crippen molar-refractivity contribution in [2.75, 3.05) is 0 Å². The predicted molar refractivity (Wildman–Crippen MR) is 74.8 cm³/mol. The zero-order valence-corrected chi connectivity index (χ0v) is 12.8. The Morgan fingerprint density at radius 3 is 2.76 bits per heavy atom. The number of ether oxygens (including phenoxy) is 1. The summed E-state index contributed by atoms with van der Waals surface area (Å²) in [5.41, 5.74) is 0.0452. The summed E-state index contributed by atoms with van der Waals surface area (Å²) in [6, 6.07) is 2.87. The van der Waals surface area contributed by atoms with E-state index < -0.39 is 11.0 Å². The minimum absolute atomic E-state index is 0.0194. The third kappa shape index (κ3) is 3.56. The first kappa shape index (κ1) is 15.4. The highest BCUT2D eigenvalue weighted by molar-refractivity contribution is 9.10. The number of aryl methyl sites for hydroxylation is 1. The van der Waals surface area contributed by atoms with Crippen molar-refractivity contribution in [3.05, 3.63) is 44.1 Å². The lowest BCUT2D eigenvalue weighted by molar-refractivity contribution is -0.386. The molecule has 112 valence electrons. The Morgan fingerprint density at radius 2 is 2.24 bits per heavy atom. The molecule has 1 N–H and O–H groups in total. The molecule has 1 heterocycles. The van der Waals surface area contributed by atoms with E-state index in [1.807, 2.05) is 0 Å². The van der Waals surface area contributed by atoms with Crippen LogP contribution in [-0.2, 0) is 6.61 Å². The van der Waals surface area contributed by atoms with Crippen LogP contribution in [0.1, 0.15) is 30.4 Å². The van der Waals surface area contributed by atoms with Gasteiger partial charge in [-0.15, -0.1) is 10.2 Å². The Hall–Kier alpha value is -2.00. The molecule has 1 atom stereocenters. The summed E-state index contributed by atoms with van der Waals surface area (Å²) in [4.78, 5) is 10.6. The predicted octanol–water partition coefficient (Wildman–Crippen LogP) is 2.68. The second-order valence-corrected chi connectivity index (χ2v) is 5.20. The third-order valence-corrected chi connectivity index (χ3v) is 3.08. The molecule has 0 amide bonds. The Morgan fingerprint density at radius 1 is 1.52 bits per heavy atom. The summed E-state index contributed by atoms with van der Waals surface area (Å²) in [5.74, 6) is 0.546. The monoisotopic (exact) mass is 357 g/mol. The number of benzene rings is 1. The second-order valence-electron chi connectivity index (χ2n) is 4.28. The maximum Gasteiger partial charge on any atom is 0.312 e. The van der Waals surface area contributed by atoms with Gasteiger partial charge in [-0.3, -0.25) is 10.1 Å². The number of hydrogen-bond donors (Lipinski definition) is 1. The molecule has 0 bridgehead atoms. The van der Waals surface area contributed by atoms with Crippen molar-refractivity contribution in [1.29, 1.82) is 0 Å². The Bertz CT molecular complexity index is 671. The van der Waals surface area contributed by atoms with Gasteiger partial charge >= 0.3 is 5.69 Å². The van der Waals surface area contributed by atoms with E-state index in [0.29, 0.717) is 15.9 Å². The van der Waals surface area contributed by atoms with Gasteiger partial charge in [-0.25, -0.2) is 0 Å². The van der Waals surface area contributed by atoms with Crippen molar-refractivity contribution < 1.29 is 19.2 Å². The lowest BCUT2D eigenvalue weighted by Crippen LogP contribution is -2.05. The van der Waals surface area contributed by atoms with Crippen LogP contribution in [0.25, 0.3) is 0 Å². The highest BCUT2D eigenvalue weighted by Gasteiger charge is 2.24. The molecule has 0 spiro atoms. The molecule has 8 nitrogen and oxygen atoms in total. The summed E-state index contributed by atoms with van der Waals surface area (Å²) in [5, 5.41) is 28.3. The number of nitro groups is 1. The lowest BCUT2D eigenvalue weighted by Gasteiger charge is -2.13. The zero-order valence-electron chi connectivity index (χ0n) is 11.2. The van der Waals surface area contributed by atoms with Crippen molar-refractivity contribution >= 4 is 21.6 Å². The molecule has 0 saturated heterocycles. The molecule has 9 heteroatoms. The first-order valence-electron chi connectivity index (χ1n) is 5.96. The molecule has 21 heavy (non-hydrogen) atoms. The Labute approximate surface area is 128 Å². The Kier molecular flexibility index (Phi) is 4.53. The minimum Gasteiger partial charge on any atom is -0.476 e. The molecule has 0 radical (unpaired) electrons. The highest BCUT2D eigenvalue weighted by atomic mass is 79.9. The number of hydrogen-bond acceptors (Lipinski definition) is 7. The van der Waals surface area contributed by atoms with E-state index in [0.717, 1.165) is 0 Å². The van der Waals surface area contributed by atoms with Gasteiger partial charge in [0.2, 0.25) is 11.6 Å². The summed E-state index contributed by atoms with van der Waals surface area (Å²) in [6.07, 6.45) is -0.930. The van der Waals surface area contributed by atoms with Gasteiger partial charge in [-0.05, 0) is 13.0 Å². The molecule has 0 unspecified atom stereocenters. The smallest absolute Gasteiger partial charge is 0.312 e. The SMILES string of the molecule is Cc1nnc(COc2c([C@@H](C)O)cc(Br)cc2[N+](=O)[O-])o1. The van der Waals surface area contributed by atoms with E-state index in [-0.39, 0.29) is 23.9 Å². The number of aromatic nitrogens is 2. The lowest BCUT2D eigenvalue weighted by atomic mass is 10.1. The van der Waals surface area contributed by atoms with Crippen LogP contribution in [0.2, 0.25) is 0 Å². The van der Waals surface area contributed by atoms with Gasteiger partial charge in [0.1, 0.15) is 0 Å². The number of nitro benzene ring substituents is 1. The molecule has 0 aliphatic rings. The van der Waals surface area contributed by atoms with Crippen molar-refractivity contribution in [3.8, 4) is 5.75 Å². The number of rotatable bonds is 5. The molecule has 0 aliphatic heterocycles. The molecule has 0 fully saturated rings. The van der Waals surface area contributed by atoms with Gasteiger partial charge in [0.15, 0.2) is 6.61 Å². The first-order chi connectivity index (χ1) is 9.88. The van der Waals surface area contributed by atoms with Crippen LogP contribution in [0.15, 0.2) is 21.0 Å². The van der Waals surface area contributed by atoms with E-state index >= 15 is 0 Å². The number of nitrogens with zero attached hydrogens (tertiary/aromatic N) is 3. The molecule has 1 aromatic heterocycles. The van der Waals surface area contributed by atoms with Crippen molar-refractivity contribution in [3.63, 3.8) is 0 Å². The maximum absolute atomic E-state index is 11.1. The maximum atomic E-state index is 11.1. The summed E-state index contributed by atoms with van der Waals surface area (Å²) in [7, 11) is 0. The van der Waals surface area contributed by atoms with Gasteiger partial charge in [0.25, 0.3) is 5.89 Å². The second kappa shape index (κ2) is 6.19. The minimum atomic E-state index is -0.930. The van der Waals surface area contributed by atoms with Crippen LogP contribution >= 0.6 is 15.9 Å². The number of halogens is 1. The van der Waals surface area contributed by atoms with Crippen LogP contribution < -0.4 is 4.74 Å². The average molecular weight is 358 g/mol. The molecular formula is C12H12BrN3O5. The fourth-order valence-corrected chi connectivity index (χ4v) is 2.20. The highest BCUT2D eigenvalue weighted by Crippen LogP contribution is 2.38. The van der Waals surface area contributed by atoms with Crippen molar-refractivity contribution in [2.45, 2.75) is 26.6 Å². The Balaban J connectivity index is 2.37. The summed E-state index contributed by atoms with van der Waals surface area (Å²) in [6.45, 7) is 3.00. The zero-order chi connectivity index (χ0) is 15.6. The molecule has 0 aliphatic carbocycles. The van der Waals surface area contributed by atoms with Gasteiger partial charge in [-0.2, -0.15) is 0 Å². The van der Waals surface area contributed by atoms with E-state index in [9.17, 15) is 15.2 Å². The third-order valence-electron chi connectivity index (χ3n) is 2.62. The summed E-state index contributed by atoms with van der Waals surface area (Å²) < 4.78 is 11.0. The molecule has 2 aromatic rings. The first-order valence-corrected chi connectivity index (χ1v) is 6.75. The van der Waals surface area contributed by atoms with Gasteiger partial charge in [0, 0.05) is 23.0 Å². The van der Waals surface area contributed by atoms with Crippen LogP contribution in [0, 0.1) is 17.0 Å². The fraction of sp³-hybridized carbons (Fsp3) is 0.333. The normalized spacial score (nSPS) is 12.2. The quantitative estimate of drug-likeness (QED) is 0.646. The fourth-order valence-electron chi connectivity index (χ4n) is 1.73. The average Bonchev–Trinajstić information content (AvgIpc) is 2.81. The molecular weight excluding hydrogens is 346 g/mol. The topological polar surface area (TPSA) is 112 Å². The van der Waals surface area contributed by atoms with E-state index in [1.165, 1.54) is 13.0 Å². The van der Waals surface area contributed by atoms with Gasteiger partial charge < -0.3 is 14.3 Å². The van der Waals surface area contributed by atoms with Gasteiger partial charge in [0.05, 0.1) is 11.0 Å². The largest absolute Gasteiger partial charge is 0.476 e. The van der Waals surface area contributed by atoms with Gasteiger partial charge in [-0.1, -0.05) is 15.9 Å². The molecule has 1 aromatic carbocycles. The number of aliphatic hydroxyl groups excluding tert-OH is 1. The van der Waals surface area contributed by atoms with Crippen LogP contribution in [0.4, 0.5) is 5.69 Å². The molecule has 0 saturated carbocycles. The van der Waals surface area contributed by atoms with E-state index in [1.54, 1.807) is 13.0 Å². The van der Waals surface area contributed by atoms with Crippen LogP contribution in [0.5, 0.6) is 5.75 Å². The standard InChI is InChI=1S/C12H12BrN3O5/c1-6(17)9-3-8(13)4-10(16(18)19)12(9)20-5-11-15-14-7(2)21-11/h3-4,6,17H,5H2,1-2H3/t6-/m1/s1. The number of aliphatic hydroxyl groups is 1. The van der Waals surface area contributed by atoms with E-state index in [2.05, 4.69) is 26.1 Å². The van der Waals surface area contributed by atoms with Crippen LogP contribution in [-0.4, -0.2) is 20.2 Å². The van der Waals surface area contributed by atoms with Crippen molar-refractivity contribution in [1.82, 2.24) is 10.2 Å².